The fraction of sp³-hybridized carbons (Fsp3) is 0.429. The average molecular weight is 271 g/mol. The number of amides is 1. The number of nitrogens with one attached hydrogen (secondary N) is 1. The van der Waals surface area contributed by atoms with Gasteiger partial charge in [0.25, 0.3) is 5.91 Å². The minimum atomic E-state index is 0.0120. The first-order valence-corrected chi connectivity index (χ1v) is 6.81. The molecular weight excluding hydrogens is 254 g/mol. The second-order valence-corrected chi connectivity index (χ2v) is 5.08. The topological polar surface area (TPSA) is 74.8 Å². The number of imidazole rings is 1. The summed E-state index contributed by atoms with van der Waals surface area (Å²) < 4.78 is 0. The predicted octanol–water partition coefficient (Wildman–Crippen LogP) is 1.53. The van der Waals surface area contributed by atoms with Crippen LogP contribution in [0.2, 0.25) is 0 Å². The van der Waals surface area contributed by atoms with E-state index in [4.69, 9.17) is 0 Å². The van der Waals surface area contributed by atoms with Gasteiger partial charge >= 0.3 is 0 Å². The van der Waals surface area contributed by atoms with Crippen LogP contribution >= 0.6 is 0 Å². The van der Waals surface area contributed by atoms with Crippen LogP contribution in [0, 0.1) is 6.92 Å². The lowest BCUT2D eigenvalue weighted by atomic mass is 9.94. The molecule has 0 saturated carbocycles. The fourth-order valence-electron chi connectivity index (χ4n) is 2.65. The van der Waals surface area contributed by atoms with Crippen molar-refractivity contribution < 1.29 is 4.79 Å². The molecule has 1 atom stereocenters. The Morgan fingerprint density at radius 3 is 3.15 bits per heavy atom. The number of carbonyl (C=O) groups excluding carboxylic acids is 1. The quantitative estimate of drug-likeness (QED) is 0.898. The summed E-state index contributed by atoms with van der Waals surface area (Å²) in [5.74, 6) is 1.08. The van der Waals surface area contributed by atoms with Gasteiger partial charge in [-0.3, -0.25) is 4.79 Å². The van der Waals surface area contributed by atoms with Crippen molar-refractivity contribution in [2.45, 2.75) is 25.7 Å². The molecule has 2 aromatic heterocycles. The van der Waals surface area contributed by atoms with Gasteiger partial charge in [0.05, 0.1) is 12.5 Å². The maximum atomic E-state index is 12.3. The molecule has 1 unspecified atom stereocenters. The number of piperidine rings is 1. The lowest BCUT2D eigenvalue weighted by molar-refractivity contribution is 0.0700. The monoisotopic (exact) mass is 271 g/mol. The number of hydrogen-bond acceptors (Lipinski definition) is 4. The van der Waals surface area contributed by atoms with Crippen molar-refractivity contribution in [2.75, 3.05) is 13.1 Å². The fourth-order valence-corrected chi connectivity index (χ4v) is 2.65. The number of H-pyrrole nitrogens is 1. The molecule has 1 fully saturated rings. The van der Waals surface area contributed by atoms with Crippen LogP contribution in [-0.2, 0) is 0 Å². The average Bonchev–Trinajstić information content (AvgIpc) is 3.01. The molecule has 1 aliphatic rings. The largest absolute Gasteiger partial charge is 0.341 e. The first-order valence-electron chi connectivity index (χ1n) is 6.81. The summed E-state index contributed by atoms with van der Waals surface area (Å²) in [4.78, 5) is 29.6. The van der Waals surface area contributed by atoms with Crippen molar-refractivity contribution in [3.8, 4) is 0 Å². The smallest absolute Gasteiger partial charge is 0.271 e. The minimum Gasteiger partial charge on any atom is -0.341 e. The molecule has 20 heavy (non-hydrogen) atoms. The van der Waals surface area contributed by atoms with Gasteiger partial charge in [-0.05, 0) is 25.8 Å². The zero-order valence-corrected chi connectivity index (χ0v) is 11.4. The summed E-state index contributed by atoms with van der Waals surface area (Å²) in [7, 11) is 0. The Labute approximate surface area is 117 Å². The Hall–Kier alpha value is -2.24. The number of aromatic amines is 1. The molecule has 1 N–H and O–H groups in total. The van der Waals surface area contributed by atoms with Crippen LogP contribution in [0.5, 0.6) is 0 Å². The number of nitrogens with zero attached hydrogens (tertiary/aromatic N) is 4. The van der Waals surface area contributed by atoms with E-state index in [0.717, 1.165) is 30.9 Å². The zero-order valence-electron chi connectivity index (χ0n) is 11.4. The van der Waals surface area contributed by atoms with Crippen LogP contribution < -0.4 is 0 Å². The van der Waals surface area contributed by atoms with Crippen LogP contribution in [0.15, 0.2) is 24.8 Å². The van der Waals surface area contributed by atoms with E-state index in [1.807, 2.05) is 17.9 Å². The molecule has 0 aromatic carbocycles. The lowest BCUT2D eigenvalue weighted by Crippen LogP contribution is -2.39. The summed E-state index contributed by atoms with van der Waals surface area (Å²) in [6, 6.07) is 1.95. The van der Waals surface area contributed by atoms with E-state index < -0.39 is 0 Å². The Morgan fingerprint density at radius 2 is 2.40 bits per heavy atom. The highest BCUT2D eigenvalue weighted by Crippen LogP contribution is 2.26. The van der Waals surface area contributed by atoms with Crippen LogP contribution in [0.25, 0.3) is 0 Å². The van der Waals surface area contributed by atoms with Crippen molar-refractivity contribution in [3.63, 3.8) is 0 Å². The van der Waals surface area contributed by atoms with Gasteiger partial charge < -0.3 is 9.88 Å². The first kappa shape index (κ1) is 12.8. The van der Waals surface area contributed by atoms with E-state index in [9.17, 15) is 4.79 Å². The molecule has 0 bridgehead atoms. The molecule has 0 radical (unpaired) electrons. The summed E-state index contributed by atoms with van der Waals surface area (Å²) in [6.45, 7) is 3.38. The predicted molar refractivity (Wildman–Crippen MR) is 73.2 cm³/mol. The number of rotatable bonds is 2. The summed E-state index contributed by atoms with van der Waals surface area (Å²) in [5, 5.41) is 0. The molecule has 3 rings (SSSR count). The number of carbonyl (C=O) groups is 1. The van der Waals surface area contributed by atoms with Crippen molar-refractivity contribution >= 4 is 5.91 Å². The van der Waals surface area contributed by atoms with Crippen LogP contribution in [0.3, 0.4) is 0 Å². The lowest BCUT2D eigenvalue weighted by Gasteiger charge is -2.32. The van der Waals surface area contributed by atoms with Gasteiger partial charge in [-0.25, -0.2) is 15.0 Å². The number of aryl methyl sites for hydroxylation is 1. The van der Waals surface area contributed by atoms with Crippen LogP contribution in [-0.4, -0.2) is 43.8 Å². The highest BCUT2D eigenvalue weighted by molar-refractivity contribution is 5.92. The van der Waals surface area contributed by atoms with Gasteiger partial charge in [-0.1, -0.05) is 0 Å². The standard InChI is InChI=1S/C14H17N5O/c1-10-16-5-4-12(18-10)11-3-2-6-19(8-11)14(20)13-7-15-9-17-13/h4-5,7,9,11H,2-3,6,8H2,1H3,(H,15,17). The van der Waals surface area contributed by atoms with E-state index in [1.165, 1.54) is 6.33 Å². The molecule has 6 nitrogen and oxygen atoms in total. The zero-order chi connectivity index (χ0) is 13.9. The molecular formula is C14H17N5O. The van der Waals surface area contributed by atoms with E-state index in [1.54, 1.807) is 12.4 Å². The van der Waals surface area contributed by atoms with E-state index >= 15 is 0 Å². The highest BCUT2D eigenvalue weighted by atomic mass is 16.2. The molecule has 1 aliphatic heterocycles. The Balaban J connectivity index is 1.75. The summed E-state index contributed by atoms with van der Waals surface area (Å²) in [6.07, 6.45) is 6.94. The molecule has 6 heteroatoms. The van der Waals surface area contributed by atoms with Crippen molar-refractivity contribution in [3.05, 3.63) is 42.0 Å². The molecule has 104 valence electrons. The Morgan fingerprint density at radius 1 is 1.50 bits per heavy atom. The highest BCUT2D eigenvalue weighted by Gasteiger charge is 2.26. The second-order valence-electron chi connectivity index (χ2n) is 5.08. The number of likely N-dealkylation sites (tertiary alicyclic amines) is 1. The van der Waals surface area contributed by atoms with Crippen molar-refractivity contribution in [1.82, 2.24) is 24.8 Å². The van der Waals surface area contributed by atoms with Crippen LogP contribution in [0.1, 0.15) is 40.8 Å². The minimum absolute atomic E-state index is 0.0120. The van der Waals surface area contributed by atoms with Crippen LogP contribution in [0.4, 0.5) is 0 Å². The maximum Gasteiger partial charge on any atom is 0.271 e. The van der Waals surface area contributed by atoms with E-state index in [2.05, 4.69) is 19.9 Å². The van der Waals surface area contributed by atoms with Crippen molar-refractivity contribution in [2.24, 2.45) is 0 Å². The van der Waals surface area contributed by atoms with E-state index in [-0.39, 0.29) is 11.8 Å². The Kier molecular flexibility index (Phi) is 3.45. The Bertz CT molecular complexity index is 595. The summed E-state index contributed by atoms with van der Waals surface area (Å²) >= 11 is 0. The third-order valence-electron chi connectivity index (χ3n) is 3.65. The van der Waals surface area contributed by atoms with Gasteiger partial charge in [0.2, 0.25) is 0 Å². The molecule has 0 aliphatic carbocycles. The number of hydrogen-bond donors (Lipinski definition) is 1. The maximum absolute atomic E-state index is 12.3. The van der Waals surface area contributed by atoms with Gasteiger partial charge in [0.1, 0.15) is 11.5 Å². The van der Waals surface area contributed by atoms with E-state index in [0.29, 0.717) is 12.2 Å². The SMILES string of the molecule is Cc1nccc(C2CCCN(C(=O)c3cnc[nH]3)C2)n1. The molecule has 3 heterocycles. The second kappa shape index (κ2) is 5.40. The molecule has 1 saturated heterocycles. The van der Waals surface area contributed by atoms with Gasteiger partial charge in [0.15, 0.2) is 0 Å². The normalized spacial score (nSPS) is 19.1. The third kappa shape index (κ3) is 2.54. The van der Waals surface area contributed by atoms with Gasteiger partial charge in [0, 0.05) is 30.9 Å². The van der Waals surface area contributed by atoms with Crippen molar-refractivity contribution in [1.29, 1.82) is 0 Å². The number of aromatic nitrogens is 4. The summed E-state index contributed by atoms with van der Waals surface area (Å²) in [5.41, 5.74) is 1.57. The molecule has 0 spiro atoms. The molecule has 2 aromatic rings. The van der Waals surface area contributed by atoms with Gasteiger partial charge in [-0.15, -0.1) is 0 Å². The molecule has 1 amide bonds. The first-order chi connectivity index (χ1) is 9.74. The third-order valence-corrected chi connectivity index (χ3v) is 3.65. The van der Waals surface area contributed by atoms with Gasteiger partial charge in [-0.2, -0.15) is 0 Å².